The van der Waals surface area contributed by atoms with E-state index in [4.69, 9.17) is 16.3 Å². The van der Waals surface area contributed by atoms with E-state index in [9.17, 15) is 9.59 Å². The number of thiazole rings is 1. The zero-order valence-corrected chi connectivity index (χ0v) is 14.5. The van der Waals surface area contributed by atoms with Gasteiger partial charge in [0.25, 0.3) is 5.91 Å². The second kappa shape index (κ2) is 7.92. The van der Waals surface area contributed by atoms with Crippen LogP contribution in [0.15, 0.2) is 54.6 Å². The Balaban J connectivity index is 1.52. The molecule has 0 radical (unpaired) electrons. The molecule has 0 aliphatic carbocycles. The maximum atomic E-state index is 11.8. The molecule has 25 heavy (non-hydrogen) atoms. The van der Waals surface area contributed by atoms with E-state index >= 15 is 0 Å². The van der Waals surface area contributed by atoms with Crippen molar-refractivity contribution in [1.82, 2.24) is 4.98 Å². The van der Waals surface area contributed by atoms with Gasteiger partial charge >= 0.3 is 5.97 Å². The van der Waals surface area contributed by atoms with Gasteiger partial charge in [0, 0.05) is 6.08 Å². The molecule has 0 atom stereocenters. The second-order valence-electron chi connectivity index (χ2n) is 4.99. The van der Waals surface area contributed by atoms with Crippen molar-refractivity contribution in [2.24, 2.45) is 0 Å². The lowest BCUT2D eigenvalue weighted by atomic mass is 10.3. The Labute approximate surface area is 152 Å². The fraction of sp³-hybridized carbons (Fsp3) is 0.0556. The van der Waals surface area contributed by atoms with Crippen LogP contribution < -0.4 is 5.32 Å². The quantitative estimate of drug-likeness (QED) is 0.539. The molecule has 1 N–H and O–H groups in total. The van der Waals surface area contributed by atoms with Crippen molar-refractivity contribution < 1.29 is 14.3 Å². The molecule has 0 spiro atoms. The average Bonchev–Trinajstić information content (AvgIpc) is 3.03. The summed E-state index contributed by atoms with van der Waals surface area (Å²) in [5, 5.41) is 3.68. The molecule has 0 bridgehead atoms. The predicted molar refractivity (Wildman–Crippen MR) is 99.7 cm³/mol. The molecule has 126 valence electrons. The van der Waals surface area contributed by atoms with Crippen LogP contribution in [0.3, 0.4) is 0 Å². The number of hydrogen-bond donors (Lipinski definition) is 1. The van der Waals surface area contributed by atoms with E-state index in [1.54, 1.807) is 30.3 Å². The summed E-state index contributed by atoms with van der Waals surface area (Å²) >= 11 is 7.41. The smallest absolute Gasteiger partial charge is 0.331 e. The van der Waals surface area contributed by atoms with E-state index in [1.807, 2.05) is 24.3 Å². The topological polar surface area (TPSA) is 68.3 Å². The molecule has 1 amide bonds. The molecule has 0 unspecified atom stereocenters. The van der Waals surface area contributed by atoms with E-state index in [-0.39, 0.29) is 0 Å². The highest BCUT2D eigenvalue weighted by Crippen LogP contribution is 2.22. The van der Waals surface area contributed by atoms with Gasteiger partial charge in [-0.05, 0) is 30.3 Å². The number of ether oxygens (including phenoxy) is 1. The summed E-state index contributed by atoms with van der Waals surface area (Å²) in [5.74, 6) is -1.08. The minimum atomic E-state index is -0.617. The standard InChI is InChI=1S/C18H13ClN2O3S/c19-12-5-1-2-6-13(12)20-16(22)11-24-18(23)10-9-17-21-14-7-3-4-8-15(14)25-17/h1-10H,11H2,(H,20,22)/b10-9+. The van der Waals surface area contributed by atoms with Crippen LogP contribution in [0.2, 0.25) is 5.02 Å². The molecule has 3 rings (SSSR count). The minimum Gasteiger partial charge on any atom is -0.452 e. The summed E-state index contributed by atoms with van der Waals surface area (Å²) in [5.41, 5.74) is 1.34. The van der Waals surface area contributed by atoms with Crippen molar-refractivity contribution in [3.63, 3.8) is 0 Å². The first-order valence-corrected chi connectivity index (χ1v) is 8.56. The Morgan fingerprint density at radius 3 is 2.72 bits per heavy atom. The number of nitrogens with zero attached hydrogens (tertiary/aromatic N) is 1. The number of fused-ring (bicyclic) bond motifs is 1. The summed E-state index contributed by atoms with van der Waals surface area (Å²) in [6.45, 7) is -0.395. The summed E-state index contributed by atoms with van der Waals surface area (Å²) < 4.78 is 5.94. The monoisotopic (exact) mass is 372 g/mol. The number of carbonyl (C=O) groups is 2. The first-order valence-electron chi connectivity index (χ1n) is 7.36. The molecule has 0 fully saturated rings. The van der Waals surface area contributed by atoms with Gasteiger partial charge < -0.3 is 10.1 Å². The molecule has 5 nitrogen and oxygen atoms in total. The van der Waals surface area contributed by atoms with Crippen LogP contribution in [0.4, 0.5) is 5.69 Å². The van der Waals surface area contributed by atoms with E-state index in [2.05, 4.69) is 10.3 Å². The Morgan fingerprint density at radius 2 is 1.92 bits per heavy atom. The summed E-state index contributed by atoms with van der Waals surface area (Å²) in [6.07, 6.45) is 2.82. The Kier molecular flexibility index (Phi) is 5.42. The van der Waals surface area contributed by atoms with E-state index in [0.717, 1.165) is 10.2 Å². The molecule has 3 aromatic rings. The largest absolute Gasteiger partial charge is 0.452 e. The Morgan fingerprint density at radius 1 is 1.16 bits per heavy atom. The van der Waals surface area contributed by atoms with Gasteiger partial charge in [0.05, 0.1) is 20.9 Å². The van der Waals surface area contributed by atoms with Gasteiger partial charge in [-0.15, -0.1) is 11.3 Å². The number of benzene rings is 2. The summed E-state index contributed by atoms with van der Waals surface area (Å²) in [4.78, 5) is 27.9. The molecule has 0 aliphatic heterocycles. The number of amides is 1. The first kappa shape index (κ1) is 17.1. The normalized spacial score (nSPS) is 10.9. The maximum Gasteiger partial charge on any atom is 0.331 e. The first-order chi connectivity index (χ1) is 12.1. The second-order valence-corrected chi connectivity index (χ2v) is 6.46. The molecule has 1 heterocycles. The number of carbonyl (C=O) groups excluding carboxylic acids is 2. The van der Waals surface area contributed by atoms with Gasteiger partial charge in [0.2, 0.25) is 0 Å². The molecule has 0 aliphatic rings. The van der Waals surface area contributed by atoms with Crippen LogP contribution in [0.25, 0.3) is 16.3 Å². The zero-order chi connectivity index (χ0) is 17.6. The third-order valence-corrected chi connectivity index (χ3v) is 4.50. The van der Waals surface area contributed by atoms with Crippen LogP contribution >= 0.6 is 22.9 Å². The van der Waals surface area contributed by atoms with Crippen molar-refractivity contribution in [3.05, 3.63) is 64.6 Å². The van der Waals surface area contributed by atoms with Crippen LogP contribution in [0, 0.1) is 0 Å². The Hall–Kier alpha value is -2.70. The fourth-order valence-electron chi connectivity index (χ4n) is 2.03. The predicted octanol–water partition coefficient (Wildman–Crippen LogP) is 4.14. The highest BCUT2D eigenvalue weighted by molar-refractivity contribution is 7.19. The summed E-state index contributed by atoms with van der Waals surface area (Å²) in [7, 11) is 0. The third-order valence-electron chi connectivity index (χ3n) is 3.17. The van der Waals surface area contributed by atoms with Gasteiger partial charge in [0.15, 0.2) is 6.61 Å². The lowest BCUT2D eigenvalue weighted by Gasteiger charge is -2.06. The van der Waals surface area contributed by atoms with E-state index in [0.29, 0.717) is 15.7 Å². The number of rotatable bonds is 5. The highest BCUT2D eigenvalue weighted by atomic mass is 35.5. The number of hydrogen-bond acceptors (Lipinski definition) is 5. The van der Waals surface area contributed by atoms with E-state index in [1.165, 1.54) is 17.4 Å². The van der Waals surface area contributed by atoms with Gasteiger partial charge in [-0.25, -0.2) is 9.78 Å². The highest BCUT2D eigenvalue weighted by Gasteiger charge is 2.08. The third kappa shape index (κ3) is 4.65. The molecule has 0 saturated heterocycles. The fourth-order valence-corrected chi connectivity index (χ4v) is 3.09. The molecular weight excluding hydrogens is 360 g/mol. The minimum absolute atomic E-state index is 0.395. The van der Waals surface area contributed by atoms with Gasteiger partial charge in [-0.2, -0.15) is 0 Å². The number of halogens is 1. The SMILES string of the molecule is O=C(COC(=O)/C=C/c1nc2ccccc2s1)Nc1ccccc1Cl. The molecule has 0 saturated carbocycles. The average molecular weight is 373 g/mol. The van der Waals surface area contributed by atoms with Gasteiger partial charge in [-0.3, -0.25) is 4.79 Å². The molecular formula is C18H13ClN2O3S. The van der Waals surface area contributed by atoms with Crippen molar-refractivity contribution in [2.75, 3.05) is 11.9 Å². The summed E-state index contributed by atoms with van der Waals surface area (Å²) in [6, 6.07) is 14.5. The van der Waals surface area contributed by atoms with Gasteiger partial charge in [0.1, 0.15) is 5.01 Å². The number of para-hydroxylation sites is 2. The Bertz CT molecular complexity index is 919. The van der Waals surface area contributed by atoms with Crippen molar-refractivity contribution in [3.8, 4) is 0 Å². The van der Waals surface area contributed by atoms with Crippen LogP contribution in [0.1, 0.15) is 5.01 Å². The van der Waals surface area contributed by atoms with E-state index < -0.39 is 18.5 Å². The molecule has 7 heteroatoms. The lowest BCUT2D eigenvalue weighted by Crippen LogP contribution is -2.20. The number of esters is 1. The number of aromatic nitrogens is 1. The van der Waals surface area contributed by atoms with Crippen LogP contribution in [0.5, 0.6) is 0 Å². The maximum absolute atomic E-state index is 11.8. The van der Waals surface area contributed by atoms with Gasteiger partial charge in [-0.1, -0.05) is 35.9 Å². The van der Waals surface area contributed by atoms with Crippen molar-refractivity contribution >= 4 is 56.8 Å². The number of nitrogens with one attached hydrogen (secondary N) is 1. The lowest BCUT2D eigenvalue weighted by molar-refractivity contribution is -0.142. The van der Waals surface area contributed by atoms with Crippen molar-refractivity contribution in [1.29, 1.82) is 0 Å². The van der Waals surface area contributed by atoms with Crippen LogP contribution in [-0.4, -0.2) is 23.5 Å². The molecule has 2 aromatic carbocycles. The van der Waals surface area contributed by atoms with Crippen molar-refractivity contribution in [2.45, 2.75) is 0 Å². The molecule has 1 aromatic heterocycles. The van der Waals surface area contributed by atoms with Crippen LogP contribution in [-0.2, 0) is 14.3 Å². The number of anilines is 1. The zero-order valence-electron chi connectivity index (χ0n) is 12.9.